The van der Waals surface area contributed by atoms with Crippen LogP contribution in [0.2, 0.25) is 5.02 Å². The second-order valence-electron chi connectivity index (χ2n) is 6.35. The Morgan fingerprint density at radius 2 is 1.94 bits per heavy atom. The summed E-state index contributed by atoms with van der Waals surface area (Å²) in [7, 11) is 0. The van der Waals surface area contributed by atoms with Crippen LogP contribution in [0.25, 0.3) is 17.1 Å². The summed E-state index contributed by atoms with van der Waals surface area (Å²) in [5.41, 5.74) is 5.07. The van der Waals surface area contributed by atoms with Crippen molar-refractivity contribution in [3.05, 3.63) is 76.2 Å². The Labute approximate surface area is 192 Å². The van der Waals surface area contributed by atoms with E-state index in [1.54, 1.807) is 35.9 Å². The van der Waals surface area contributed by atoms with Crippen molar-refractivity contribution in [1.82, 2.24) is 25.2 Å². The number of hydrogen-bond acceptors (Lipinski definition) is 7. The van der Waals surface area contributed by atoms with E-state index in [0.29, 0.717) is 16.0 Å². The summed E-state index contributed by atoms with van der Waals surface area (Å²) >= 11 is 8.90. The molecule has 0 aliphatic rings. The van der Waals surface area contributed by atoms with E-state index in [0.717, 1.165) is 21.8 Å². The summed E-state index contributed by atoms with van der Waals surface area (Å²) in [6.45, 7) is 1.86. The number of carbonyl (C=O) groups is 1. The van der Waals surface area contributed by atoms with Crippen LogP contribution in [-0.2, 0) is 4.79 Å². The second kappa shape index (κ2) is 9.86. The van der Waals surface area contributed by atoms with E-state index in [2.05, 4.69) is 25.7 Å². The predicted octanol–water partition coefficient (Wildman–Crippen LogP) is 4.68. The normalized spacial score (nSPS) is 11.5. The average molecular weight is 469 g/mol. The molecule has 10 heteroatoms. The Kier molecular flexibility index (Phi) is 6.76. The Bertz CT molecular complexity index is 1190. The quantitative estimate of drug-likeness (QED) is 0.242. The lowest BCUT2D eigenvalue weighted by molar-refractivity contribution is -0.118. The number of hydrogen-bond donors (Lipinski definition) is 1. The fraction of sp³-hybridized carbons (Fsp3) is 0.0952. The van der Waals surface area contributed by atoms with Crippen LogP contribution in [0.15, 0.2) is 76.6 Å². The lowest BCUT2D eigenvalue weighted by Gasteiger charge is -2.10. The third-order valence-corrected chi connectivity index (χ3v) is 6.37. The number of benzene rings is 1. The SMILES string of the molecule is C/C(=N\NC(=O)CSc1nnc(-c2ccncc2)n1-c1ccc(Cl)cc1)c1cccs1. The number of aromatic nitrogens is 4. The van der Waals surface area contributed by atoms with E-state index >= 15 is 0 Å². The Morgan fingerprint density at radius 3 is 2.65 bits per heavy atom. The van der Waals surface area contributed by atoms with Gasteiger partial charge < -0.3 is 0 Å². The highest BCUT2D eigenvalue weighted by Gasteiger charge is 2.17. The van der Waals surface area contributed by atoms with Gasteiger partial charge in [0, 0.05) is 33.5 Å². The molecule has 31 heavy (non-hydrogen) atoms. The van der Waals surface area contributed by atoms with Gasteiger partial charge in [-0.2, -0.15) is 5.10 Å². The van der Waals surface area contributed by atoms with Gasteiger partial charge >= 0.3 is 0 Å². The van der Waals surface area contributed by atoms with Crippen molar-refractivity contribution < 1.29 is 4.79 Å². The molecule has 1 aromatic carbocycles. The van der Waals surface area contributed by atoms with Gasteiger partial charge in [0.15, 0.2) is 11.0 Å². The highest BCUT2D eigenvalue weighted by Crippen LogP contribution is 2.28. The van der Waals surface area contributed by atoms with E-state index in [9.17, 15) is 4.79 Å². The third kappa shape index (κ3) is 5.19. The molecule has 0 fully saturated rings. The first-order valence-electron chi connectivity index (χ1n) is 9.23. The number of pyridine rings is 1. The van der Waals surface area contributed by atoms with Crippen molar-refractivity contribution in [2.75, 3.05) is 5.75 Å². The van der Waals surface area contributed by atoms with Gasteiger partial charge in [-0.25, -0.2) is 5.43 Å². The maximum absolute atomic E-state index is 12.3. The molecule has 156 valence electrons. The highest BCUT2D eigenvalue weighted by molar-refractivity contribution is 7.99. The molecule has 0 radical (unpaired) electrons. The lowest BCUT2D eigenvalue weighted by Crippen LogP contribution is -2.21. The summed E-state index contributed by atoms with van der Waals surface area (Å²) in [6, 6.07) is 15.0. The fourth-order valence-corrected chi connectivity index (χ4v) is 4.27. The molecule has 0 unspecified atom stereocenters. The summed E-state index contributed by atoms with van der Waals surface area (Å²) < 4.78 is 1.89. The van der Waals surface area contributed by atoms with Crippen LogP contribution >= 0.6 is 34.7 Å². The Morgan fingerprint density at radius 1 is 1.16 bits per heavy atom. The fourth-order valence-electron chi connectivity index (χ4n) is 2.72. The van der Waals surface area contributed by atoms with E-state index < -0.39 is 0 Å². The first-order valence-corrected chi connectivity index (χ1v) is 11.5. The molecular formula is C21H17ClN6OS2. The average Bonchev–Trinajstić information content (AvgIpc) is 3.48. The largest absolute Gasteiger partial charge is 0.272 e. The first kappa shape index (κ1) is 21.2. The zero-order chi connectivity index (χ0) is 21.6. The molecule has 4 rings (SSSR count). The number of rotatable bonds is 7. The van der Waals surface area contributed by atoms with Crippen LogP contribution in [0, 0.1) is 0 Å². The van der Waals surface area contributed by atoms with Crippen LogP contribution in [-0.4, -0.2) is 37.1 Å². The number of carbonyl (C=O) groups excluding carboxylic acids is 1. The minimum atomic E-state index is -0.225. The summed E-state index contributed by atoms with van der Waals surface area (Å²) in [5.74, 6) is 0.569. The maximum Gasteiger partial charge on any atom is 0.250 e. The Hall–Kier alpha value is -3.01. The van der Waals surface area contributed by atoms with Gasteiger partial charge in [0.25, 0.3) is 5.91 Å². The van der Waals surface area contributed by atoms with Crippen molar-refractivity contribution >= 4 is 46.3 Å². The second-order valence-corrected chi connectivity index (χ2v) is 8.68. The Balaban J connectivity index is 1.54. The summed E-state index contributed by atoms with van der Waals surface area (Å²) in [6.07, 6.45) is 3.40. The van der Waals surface area contributed by atoms with Crippen molar-refractivity contribution in [2.24, 2.45) is 5.10 Å². The van der Waals surface area contributed by atoms with Gasteiger partial charge in [-0.1, -0.05) is 29.4 Å². The van der Waals surface area contributed by atoms with Gasteiger partial charge in [-0.3, -0.25) is 14.3 Å². The molecule has 3 aromatic heterocycles. The molecule has 4 aromatic rings. The zero-order valence-electron chi connectivity index (χ0n) is 16.4. The van der Waals surface area contributed by atoms with Crippen molar-refractivity contribution in [3.8, 4) is 17.1 Å². The van der Waals surface area contributed by atoms with E-state index in [4.69, 9.17) is 11.6 Å². The minimum absolute atomic E-state index is 0.142. The van der Waals surface area contributed by atoms with Gasteiger partial charge in [0.1, 0.15) is 0 Å². The number of hydrazone groups is 1. The van der Waals surface area contributed by atoms with Crippen LogP contribution < -0.4 is 5.43 Å². The standard InChI is InChI=1S/C21H17ClN6OS2/c1-14(18-3-2-12-30-18)24-25-19(29)13-31-21-27-26-20(15-8-10-23-11-9-15)28(21)17-6-4-16(22)5-7-17/h2-12H,13H2,1H3,(H,25,29)/b24-14+. The van der Waals surface area contributed by atoms with E-state index in [1.165, 1.54) is 11.8 Å². The molecule has 0 saturated carbocycles. The van der Waals surface area contributed by atoms with Gasteiger partial charge in [-0.15, -0.1) is 21.5 Å². The molecule has 0 aliphatic heterocycles. The van der Waals surface area contributed by atoms with Crippen LogP contribution in [0.5, 0.6) is 0 Å². The smallest absolute Gasteiger partial charge is 0.250 e. The van der Waals surface area contributed by atoms with Gasteiger partial charge in [0.2, 0.25) is 0 Å². The number of thioether (sulfide) groups is 1. The summed E-state index contributed by atoms with van der Waals surface area (Å²) in [4.78, 5) is 17.4. The van der Waals surface area contributed by atoms with E-state index in [1.807, 2.05) is 53.3 Å². The topological polar surface area (TPSA) is 85.1 Å². The molecule has 1 N–H and O–H groups in total. The molecule has 0 spiro atoms. The number of halogens is 1. The molecular weight excluding hydrogens is 452 g/mol. The van der Waals surface area contributed by atoms with Crippen LogP contribution in [0.1, 0.15) is 11.8 Å². The van der Waals surface area contributed by atoms with Crippen molar-refractivity contribution in [2.45, 2.75) is 12.1 Å². The molecule has 7 nitrogen and oxygen atoms in total. The monoisotopic (exact) mass is 468 g/mol. The van der Waals surface area contributed by atoms with Gasteiger partial charge in [0.05, 0.1) is 11.5 Å². The maximum atomic E-state index is 12.3. The highest BCUT2D eigenvalue weighted by atomic mass is 35.5. The minimum Gasteiger partial charge on any atom is -0.272 e. The molecule has 0 bridgehead atoms. The molecule has 0 aliphatic carbocycles. The van der Waals surface area contributed by atoms with Crippen molar-refractivity contribution in [1.29, 1.82) is 0 Å². The molecule has 0 saturated heterocycles. The van der Waals surface area contributed by atoms with Gasteiger partial charge in [-0.05, 0) is 54.8 Å². The predicted molar refractivity (Wildman–Crippen MR) is 125 cm³/mol. The van der Waals surface area contributed by atoms with E-state index in [-0.39, 0.29) is 11.7 Å². The third-order valence-electron chi connectivity index (χ3n) is 4.22. The van der Waals surface area contributed by atoms with Crippen molar-refractivity contribution in [3.63, 3.8) is 0 Å². The van der Waals surface area contributed by atoms with Crippen LogP contribution in [0.3, 0.4) is 0 Å². The molecule has 3 heterocycles. The first-order chi connectivity index (χ1) is 15.1. The zero-order valence-corrected chi connectivity index (χ0v) is 18.8. The number of nitrogens with zero attached hydrogens (tertiary/aromatic N) is 5. The van der Waals surface area contributed by atoms with Crippen LogP contribution in [0.4, 0.5) is 0 Å². The summed E-state index contributed by atoms with van der Waals surface area (Å²) in [5, 5.41) is 16.0. The number of thiophene rings is 1. The molecule has 0 atom stereocenters. The number of nitrogens with one attached hydrogen (secondary N) is 1. The lowest BCUT2D eigenvalue weighted by atomic mass is 10.2. The molecule has 1 amide bonds. The number of amides is 1.